The molecule has 1 heterocycles. The third-order valence-electron chi connectivity index (χ3n) is 2.64. The Hall–Kier alpha value is -2.86. The molecule has 2 aromatic rings. The minimum Gasteiger partial charge on any atom is -0.489 e. The summed E-state index contributed by atoms with van der Waals surface area (Å²) < 4.78 is 5.58. The van der Waals surface area contributed by atoms with E-state index in [1.165, 1.54) is 0 Å². The van der Waals surface area contributed by atoms with Crippen molar-refractivity contribution in [3.63, 3.8) is 0 Å². The van der Waals surface area contributed by atoms with Crippen LogP contribution in [0.3, 0.4) is 0 Å². The molecule has 0 aliphatic rings. The molecule has 0 fully saturated rings. The summed E-state index contributed by atoms with van der Waals surface area (Å²) >= 11 is 0. The number of hydrogen-bond donors (Lipinski definition) is 0. The van der Waals surface area contributed by atoms with Crippen molar-refractivity contribution in [2.75, 3.05) is 6.61 Å². The Morgan fingerprint density at radius 3 is 2.75 bits per heavy atom. The van der Waals surface area contributed by atoms with Gasteiger partial charge in [0.25, 0.3) is 0 Å². The summed E-state index contributed by atoms with van der Waals surface area (Å²) in [6, 6.07) is 15.2. The van der Waals surface area contributed by atoms with E-state index < -0.39 is 0 Å². The highest BCUT2D eigenvalue weighted by molar-refractivity contribution is 5.89. The second-order valence-electron chi connectivity index (χ2n) is 4.02. The first-order valence-corrected chi connectivity index (χ1v) is 6.21. The minimum absolute atomic E-state index is 0.427. The van der Waals surface area contributed by atoms with E-state index in [1.807, 2.05) is 42.5 Å². The molecule has 0 saturated heterocycles. The van der Waals surface area contributed by atoms with Gasteiger partial charge in [0.15, 0.2) is 0 Å². The quantitative estimate of drug-likeness (QED) is 0.609. The number of allylic oxidation sites excluding steroid dienone is 1. The molecule has 1 aromatic heterocycles. The lowest BCUT2D eigenvalue weighted by molar-refractivity contribution is 0.362. The van der Waals surface area contributed by atoms with Crippen molar-refractivity contribution in [1.82, 2.24) is 4.98 Å². The Labute approximate surface area is 118 Å². The van der Waals surface area contributed by atoms with Crippen LogP contribution in [0.4, 0.5) is 0 Å². The normalized spacial score (nSPS) is 10.7. The monoisotopic (exact) mass is 262 g/mol. The molecule has 0 N–H and O–H groups in total. The predicted octanol–water partition coefficient (Wildman–Crippen LogP) is 3.71. The van der Waals surface area contributed by atoms with Crippen molar-refractivity contribution >= 4 is 11.6 Å². The van der Waals surface area contributed by atoms with Crippen LogP contribution in [0.5, 0.6) is 5.75 Å². The molecule has 3 heteroatoms. The van der Waals surface area contributed by atoms with E-state index in [0.717, 1.165) is 11.3 Å². The summed E-state index contributed by atoms with van der Waals surface area (Å²) in [5.74, 6) is 0.719. The van der Waals surface area contributed by atoms with Gasteiger partial charge in [-0.15, -0.1) is 0 Å². The number of pyridine rings is 1. The van der Waals surface area contributed by atoms with Crippen molar-refractivity contribution in [3.05, 3.63) is 72.6 Å². The van der Waals surface area contributed by atoms with Crippen molar-refractivity contribution < 1.29 is 4.74 Å². The number of para-hydroxylation sites is 1. The molecule has 98 valence electrons. The van der Waals surface area contributed by atoms with Crippen LogP contribution in [0.15, 0.2) is 61.3 Å². The molecule has 0 saturated carbocycles. The van der Waals surface area contributed by atoms with Gasteiger partial charge in [0, 0.05) is 11.8 Å². The molecule has 0 radical (unpaired) electrons. The standard InChI is InChI=1S/C17H14N2O/c1-2-11-20-17-9-4-3-7-14(17)12-15(13-18)16-8-5-6-10-19-16/h2-10,12H,1,11H2. The van der Waals surface area contributed by atoms with Crippen molar-refractivity contribution in [2.45, 2.75) is 0 Å². The average Bonchev–Trinajstić information content (AvgIpc) is 2.52. The maximum Gasteiger partial charge on any atom is 0.127 e. The predicted molar refractivity (Wildman–Crippen MR) is 79.9 cm³/mol. The molecule has 0 aliphatic carbocycles. The van der Waals surface area contributed by atoms with Gasteiger partial charge < -0.3 is 4.74 Å². The van der Waals surface area contributed by atoms with Gasteiger partial charge in [-0.05, 0) is 24.3 Å². The number of benzene rings is 1. The van der Waals surface area contributed by atoms with Gasteiger partial charge in [0.2, 0.25) is 0 Å². The fourth-order valence-electron chi connectivity index (χ4n) is 1.72. The topological polar surface area (TPSA) is 45.9 Å². The summed E-state index contributed by atoms with van der Waals surface area (Å²) in [7, 11) is 0. The summed E-state index contributed by atoms with van der Waals surface area (Å²) in [5.41, 5.74) is 1.99. The average molecular weight is 262 g/mol. The second kappa shape index (κ2) is 6.91. The largest absolute Gasteiger partial charge is 0.489 e. The summed E-state index contributed by atoms with van der Waals surface area (Å²) in [5, 5.41) is 9.29. The van der Waals surface area contributed by atoms with E-state index in [4.69, 9.17) is 4.74 Å². The van der Waals surface area contributed by atoms with Crippen LogP contribution in [0, 0.1) is 11.3 Å². The van der Waals surface area contributed by atoms with Crippen LogP contribution in [0.1, 0.15) is 11.3 Å². The maximum atomic E-state index is 9.29. The van der Waals surface area contributed by atoms with E-state index in [9.17, 15) is 5.26 Å². The van der Waals surface area contributed by atoms with Gasteiger partial charge in [0.05, 0.1) is 11.3 Å². The molecule has 0 amide bonds. The number of nitriles is 1. The lowest BCUT2D eigenvalue weighted by Gasteiger charge is -2.07. The molecule has 3 nitrogen and oxygen atoms in total. The Morgan fingerprint density at radius 2 is 2.05 bits per heavy atom. The fraction of sp³-hybridized carbons (Fsp3) is 0.0588. The number of nitrogens with zero attached hydrogens (tertiary/aromatic N) is 2. The van der Waals surface area contributed by atoms with Crippen LogP contribution in [0.2, 0.25) is 0 Å². The number of aromatic nitrogens is 1. The molecular weight excluding hydrogens is 248 g/mol. The molecule has 0 spiro atoms. The van der Waals surface area contributed by atoms with Gasteiger partial charge in [-0.3, -0.25) is 4.98 Å². The first kappa shape index (κ1) is 13.6. The molecule has 0 unspecified atom stereocenters. The fourth-order valence-corrected chi connectivity index (χ4v) is 1.72. The van der Waals surface area contributed by atoms with E-state index in [2.05, 4.69) is 17.6 Å². The van der Waals surface area contributed by atoms with Gasteiger partial charge in [0.1, 0.15) is 18.4 Å². The third kappa shape index (κ3) is 3.33. The summed E-state index contributed by atoms with van der Waals surface area (Å²) in [4.78, 5) is 4.19. The van der Waals surface area contributed by atoms with E-state index in [1.54, 1.807) is 18.3 Å². The van der Waals surface area contributed by atoms with Crippen LogP contribution in [0.25, 0.3) is 11.6 Å². The number of ether oxygens (including phenoxy) is 1. The third-order valence-corrected chi connectivity index (χ3v) is 2.64. The Balaban J connectivity index is 2.38. The highest BCUT2D eigenvalue weighted by Gasteiger charge is 2.05. The molecule has 0 bridgehead atoms. The van der Waals surface area contributed by atoms with Gasteiger partial charge in [-0.2, -0.15) is 5.26 Å². The van der Waals surface area contributed by atoms with E-state index in [0.29, 0.717) is 17.9 Å². The first-order chi connectivity index (χ1) is 9.85. The zero-order chi connectivity index (χ0) is 14.2. The molecule has 20 heavy (non-hydrogen) atoms. The smallest absolute Gasteiger partial charge is 0.127 e. The highest BCUT2D eigenvalue weighted by atomic mass is 16.5. The zero-order valence-electron chi connectivity index (χ0n) is 11.0. The molecule has 0 aliphatic heterocycles. The summed E-state index contributed by atoms with van der Waals surface area (Å²) in [6.07, 6.45) is 5.13. The maximum absolute atomic E-state index is 9.29. The van der Waals surface area contributed by atoms with Gasteiger partial charge in [-0.25, -0.2) is 0 Å². The number of rotatable bonds is 5. The van der Waals surface area contributed by atoms with E-state index >= 15 is 0 Å². The van der Waals surface area contributed by atoms with Crippen LogP contribution in [-0.2, 0) is 0 Å². The second-order valence-corrected chi connectivity index (χ2v) is 4.02. The van der Waals surface area contributed by atoms with Crippen LogP contribution in [-0.4, -0.2) is 11.6 Å². The number of hydrogen-bond acceptors (Lipinski definition) is 3. The molecular formula is C17H14N2O. The Bertz CT molecular complexity index is 654. The SMILES string of the molecule is C=CCOc1ccccc1C=C(C#N)c1ccccn1. The molecule has 0 atom stereocenters. The first-order valence-electron chi connectivity index (χ1n) is 6.21. The minimum atomic E-state index is 0.427. The molecule has 1 aromatic carbocycles. The van der Waals surface area contributed by atoms with Crippen molar-refractivity contribution in [1.29, 1.82) is 5.26 Å². The zero-order valence-corrected chi connectivity index (χ0v) is 11.0. The molecule has 2 rings (SSSR count). The Kier molecular flexibility index (Phi) is 4.69. The van der Waals surface area contributed by atoms with Gasteiger partial charge >= 0.3 is 0 Å². The van der Waals surface area contributed by atoms with E-state index in [-0.39, 0.29) is 0 Å². The summed E-state index contributed by atoms with van der Waals surface area (Å²) in [6.45, 7) is 4.05. The van der Waals surface area contributed by atoms with Gasteiger partial charge in [-0.1, -0.05) is 36.9 Å². The van der Waals surface area contributed by atoms with Crippen molar-refractivity contribution in [2.24, 2.45) is 0 Å². The Morgan fingerprint density at radius 1 is 1.25 bits per heavy atom. The van der Waals surface area contributed by atoms with Crippen LogP contribution < -0.4 is 4.74 Å². The lowest BCUT2D eigenvalue weighted by atomic mass is 10.1. The highest BCUT2D eigenvalue weighted by Crippen LogP contribution is 2.23. The van der Waals surface area contributed by atoms with Crippen molar-refractivity contribution in [3.8, 4) is 11.8 Å². The lowest BCUT2D eigenvalue weighted by Crippen LogP contribution is -1.95. The van der Waals surface area contributed by atoms with Crippen LogP contribution >= 0.6 is 0 Å².